The van der Waals surface area contributed by atoms with Gasteiger partial charge < -0.3 is 10.1 Å². The van der Waals surface area contributed by atoms with Crippen LogP contribution in [0.3, 0.4) is 0 Å². The van der Waals surface area contributed by atoms with Gasteiger partial charge in [0.1, 0.15) is 11.9 Å². The Hall–Kier alpha value is -1.71. The zero-order valence-corrected chi connectivity index (χ0v) is 15.4. The summed E-state index contributed by atoms with van der Waals surface area (Å²) in [5.74, 6) is -2.51. The zero-order valence-electron chi connectivity index (χ0n) is 13.8. The van der Waals surface area contributed by atoms with Gasteiger partial charge in [-0.3, -0.25) is 9.59 Å². The van der Waals surface area contributed by atoms with Crippen molar-refractivity contribution in [3.05, 3.63) is 29.0 Å². The van der Waals surface area contributed by atoms with Crippen LogP contribution >= 0.6 is 11.6 Å². The molecule has 0 spiro atoms. The summed E-state index contributed by atoms with van der Waals surface area (Å²) < 4.78 is 43.8. The summed E-state index contributed by atoms with van der Waals surface area (Å²) in [5, 5.41) is 2.39. The van der Waals surface area contributed by atoms with Gasteiger partial charge in [0, 0.05) is 5.02 Å². The predicted octanol–water partition coefficient (Wildman–Crippen LogP) is 2.07. The summed E-state index contributed by atoms with van der Waals surface area (Å²) in [6.45, 7) is 2.47. The summed E-state index contributed by atoms with van der Waals surface area (Å²) in [5.41, 5.74) is -0.112. The lowest BCUT2D eigenvalue weighted by Crippen LogP contribution is -2.41. The molecule has 7 nitrogen and oxygen atoms in total. The highest BCUT2D eigenvalue weighted by Gasteiger charge is 2.22. The first kappa shape index (κ1) is 21.3. The smallest absolute Gasteiger partial charge is 0.324 e. The minimum Gasteiger partial charge on any atom is -0.454 e. The van der Waals surface area contributed by atoms with Crippen LogP contribution in [0.2, 0.25) is 5.02 Å². The quantitative estimate of drug-likeness (QED) is 0.624. The monoisotopic (exact) mass is 394 g/mol. The molecule has 1 aromatic rings. The second-order valence-electron chi connectivity index (χ2n) is 5.29. The van der Waals surface area contributed by atoms with E-state index in [1.54, 1.807) is 0 Å². The Labute approximate surface area is 150 Å². The number of halogens is 2. The Morgan fingerprint density at radius 2 is 2.04 bits per heavy atom. The second-order valence-corrected chi connectivity index (χ2v) is 7.60. The highest BCUT2D eigenvalue weighted by molar-refractivity contribution is 7.89. The van der Waals surface area contributed by atoms with E-state index in [1.165, 1.54) is 19.1 Å². The van der Waals surface area contributed by atoms with Gasteiger partial charge in [-0.05, 0) is 31.5 Å². The van der Waals surface area contributed by atoms with Crippen LogP contribution in [0.15, 0.2) is 18.2 Å². The molecule has 0 heterocycles. The van der Waals surface area contributed by atoms with Gasteiger partial charge in [-0.1, -0.05) is 24.9 Å². The fourth-order valence-corrected chi connectivity index (χ4v) is 3.33. The highest BCUT2D eigenvalue weighted by atomic mass is 35.5. The van der Waals surface area contributed by atoms with Crippen molar-refractivity contribution in [3.8, 4) is 0 Å². The van der Waals surface area contributed by atoms with Gasteiger partial charge in [0.15, 0.2) is 6.61 Å². The van der Waals surface area contributed by atoms with Gasteiger partial charge in [0.2, 0.25) is 10.0 Å². The van der Waals surface area contributed by atoms with E-state index in [4.69, 9.17) is 16.3 Å². The van der Waals surface area contributed by atoms with E-state index in [2.05, 4.69) is 10.0 Å². The fourth-order valence-electron chi connectivity index (χ4n) is 1.75. The van der Waals surface area contributed by atoms with E-state index < -0.39 is 40.4 Å². The molecule has 0 unspecified atom stereocenters. The molecule has 0 radical (unpaired) electrons. The van der Waals surface area contributed by atoms with Gasteiger partial charge in [-0.25, -0.2) is 17.5 Å². The lowest BCUT2D eigenvalue weighted by atomic mass is 10.3. The predicted molar refractivity (Wildman–Crippen MR) is 92.3 cm³/mol. The highest BCUT2D eigenvalue weighted by Crippen LogP contribution is 2.18. The van der Waals surface area contributed by atoms with Crippen molar-refractivity contribution in [1.82, 2.24) is 4.72 Å². The first-order valence-corrected chi connectivity index (χ1v) is 9.59. The Balaban J connectivity index is 2.48. The summed E-state index contributed by atoms with van der Waals surface area (Å²) in [6.07, 6.45) is 1.16. The normalized spacial score (nSPS) is 12.5. The summed E-state index contributed by atoms with van der Waals surface area (Å²) in [4.78, 5) is 23.4. The van der Waals surface area contributed by atoms with Crippen molar-refractivity contribution < 1.29 is 27.1 Å². The van der Waals surface area contributed by atoms with Crippen molar-refractivity contribution in [1.29, 1.82) is 0 Å². The summed E-state index contributed by atoms with van der Waals surface area (Å²) >= 11 is 5.60. The number of unbranched alkanes of at least 4 members (excludes halogenated alkanes) is 1. The lowest BCUT2D eigenvalue weighted by molar-refractivity contribution is -0.148. The molecule has 0 bridgehead atoms. The van der Waals surface area contributed by atoms with Gasteiger partial charge in [-0.2, -0.15) is 0 Å². The third-order valence-corrected chi connectivity index (χ3v) is 4.80. The van der Waals surface area contributed by atoms with Crippen LogP contribution in [-0.4, -0.2) is 38.7 Å². The summed E-state index contributed by atoms with van der Waals surface area (Å²) in [6, 6.07) is 2.54. The van der Waals surface area contributed by atoms with Crippen molar-refractivity contribution >= 4 is 39.2 Å². The molecule has 1 aromatic carbocycles. The van der Waals surface area contributed by atoms with Crippen LogP contribution < -0.4 is 10.0 Å². The van der Waals surface area contributed by atoms with Crippen LogP contribution in [0.25, 0.3) is 0 Å². The average molecular weight is 395 g/mol. The number of amides is 1. The van der Waals surface area contributed by atoms with E-state index in [1.807, 2.05) is 6.92 Å². The van der Waals surface area contributed by atoms with Crippen LogP contribution in [0, 0.1) is 5.82 Å². The van der Waals surface area contributed by atoms with E-state index in [9.17, 15) is 22.4 Å². The maximum absolute atomic E-state index is 13.5. The maximum atomic E-state index is 13.5. The Bertz CT molecular complexity index is 727. The fraction of sp³-hybridized carbons (Fsp3) is 0.467. The number of nitrogens with one attached hydrogen (secondary N) is 2. The minimum absolute atomic E-state index is 0.0998. The maximum Gasteiger partial charge on any atom is 0.324 e. The molecule has 0 saturated heterocycles. The van der Waals surface area contributed by atoms with Crippen molar-refractivity contribution in [2.45, 2.75) is 32.7 Å². The van der Waals surface area contributed by atoms with Crippen LogP contribution in [0.4, 0.5) is 10.1 Å². The summed E-state index contributed by atoms with van der Waals surface area (Å²) in [7, 11) is -3.60. The number of carbonyl (C=O) groups is 2. The number of sulfonamides is 1. The third-order valence-electron chi connectivity index (χ3n) is 3.03. The number of rotatable bonds is 9. The Morgan fingerprint density at radius 1 is 1.36 bits per heavy atom. The molecule has 140 valence electrons. The largest absolute Gasteiger partial charge is 0.454 e. The van der Waals surface area contributed by atoms with Gasteiger partial charge in [-0.15, -0.1) is 0 Å². The molecule has 1 amide bonds. The molecule has 0 saturated carbocycles. The first-order valence-electron chi connectivity index (χ1n) is 7.56. The Kier molecular flexibility index (Phi) is 8.27. The lowest BCUT2D eigenvalue weighted by Gasteiger charge is -2.13. The Morgan fingerprint density at radius 3 is 2.64 bits per heavy atom. The van der Waals surface area contributed by atoms with E-state index in [0.29, 0.717) is 12.8 Å². The third kappa shape index (κ3) is 7.80. The first-order chi connectivity index (χ1) is 11.6. The molecule has 10 heteroatoms. The topological polar surface area (TPSA) is 102 Å². The number of benzene rings is 1. The molecule has 25 heavy (non-hydrogen) atoms. The number of hydrogen-bond acceptors (Lipinski definition) is 5. The molecule has 1 rings (SSSR count). The van der Waals surface area contributed by atoms with Gasteiger partial charge >= 0.3 is 5.97 Å². The number of anilines is 1. The van der Waals surface area contributed by atoms with Crippen molar-refractivity contribution in [2.24, 2.45) is 0 Å². The second kappa shape index (κ2) is 9.69. The number of esters is 1. The average Bonchev–Trinajstić information content (AvgIpc) is 2.53. The standard InChI is InChI=1S/C15H20ClFN2O5S/c1-3-4-7-25(22,23)19-10(2)15(21)24-9-14(20)18-13-6-5-11(16)8-12(13)17/h5-6,8,10,19H,3-4,7,9H2,1-2H3,(H,18,20)/t10-/m0/s1. The number of hydrogen-bond donors (Lipinski definition) is 2. The molecule has 1 atom stereocenters. The molecule has 0 aliphatic rings. The molecule has 0 fully saturated rings. The number of carbonyl (C=O) groups excluding carboxylic acids is 2. The zero-order chi connectivity index (χ0) is 19.0. The molecule has 2 N–H and O–H groups in total. The SMILES string of the molecule is CCCCS(=O)(=O)N[C@@H](C)C(=O)OCC(=O)Nc1ccc(Cl)cc1F. The van der Waals surface area contributed by atoms with Gasteiger partial charge in [0.05, 0.1) is 11.4 Å². The van der Waals surface area contributed by atoms with Crippen LogP contribution in [0.1, 0.15) is 26.7 Å². The number of ether oxygens (including phenoxy) is 1. The van der Waals surface area contributed by atoms with Gasteiger partial charge in [0.25, 0.3) is 5.91 Å². The molecular formula is C15H20ClFN2O5S. The molecule has 0 aliphatic heterocycles. The minimum atomic E-state index is -3.60. The van der Waals surface area contributed by atoms with Crippen LogP contribution in [-0.2, 0) is 24.3 Å². The molecule has 0 aromatic heterocycles. The van der Waals surface area contributed by atoms with E-state index >= 15 is 0 Å². The van der Waals surface area contributed by atoms with E-state index in [0.717, 1.165) is 6.07 Å². The van der Waals surface area contributed by atoms with E-state index in [-0.39, 0.29) is 16.5 Å². The van der Waals surface area contributed by atoms with Crippen molar-refractivity contribution in [3.63, 3.8) is 0 Å². The van der Waals surface area contributed by atoms with Crippen molar-refractivity contribution in [2.75, 3.05) is 17.7 Å². The van der Waals surface area contributed by atoms with Crippen LogP contribution in [0.5, 0.6) is 0 Å². The molecular weight excluding hydrogens is 375 g/mol. The molecule has 0 aliphatic carbocycles.